The Kier molecular flexibility index (Phi) is 3.84. The summed E-state index contributed by atoms with van der Waals surface area (Å²) in [6.45, 7) is 1.55. The van der Waals surface area contributed by atoms with Crippen molar-refractivity contribution in [3.8, 4) is 17.5 Å². The third-order valence-corrected chi connectivity index (χ3v) is 4.99. The molecule has 0 spiro atoms. The first-order chi connectivity index (χ1) is 11.6. The highest BCUT2D eigenvalue weighted by Crippen LogP contribution is 2.35. The maximum absolute atomic E-state index is 9.62. The molecule has 0 radical (unpaired) electrons. The molecule has 8 heteroatoms. The van der Waals surface area contributed by atoms with Crippen molar-refractivity contribution in [3.05, 3.63) is 28.7 Å². The SMILES string of the molecule is Oc1ccc(O)n1CCOc1ccc2c(nnn2CC2CC2)c1Br. The summed E-state index contributed by atoms with van der Waals surface area (Å²) in [5.74, 6) is 1.40. The van der Waals surface area contributed by atoms with Crippen molar-refractivity contribution in [1.82, 2.24) is 19.6 Å². The molecule has 1 aliphatic carbocycles. The van der Waals surface area contributed by atoms with Gasteiger partial charge in [0.25, 0.3) is 0 Å². The first kappa shape index (κ1) is 15.3. The van der Waals surface area contributed by atoms with Crippen molar-refractivity contribution >= 4 is 27.0 Å². The van der Waals surface area contributed by atoms with Crippen LogP contribution >= 0.6 is 15.9 Å². The molecule has 3 aromatic rings. The van der Waals surface area contributed by atoms with Crippen LogP contribution in [-0.4, -0.2) is 36.4 Å². The van der Waals surface area contributed by atoms with E-state index in [9.17, 15) is 10.2 Å². The van der Waals surface area contributed by atoms with Gasteiger partial charge in [-0.1, -0.05) is 5.21 Å². The number of fused-ring (bicyclic) bond motifs is 1. The average molecular weight is 393 g/mol. The molecule has 0 aliphatic heterocycles. The molecule has 0 bridgehead atoms. The fraction of sp³-hybridized carbons (Fsp3) is 0.375. The van der Waals surface area contributed by atoms with E-state index in [1.54, 1.807) is 0 Å². The summed E-state index contributed by atoms with van der Waals surface area (Å²) >= 11 is 3.54. The van der Waals surface area contributed by atoms with Gasteiger partial charge in [0.15, 0.2) is 11.8 Å². The lowest BCUT2D eigenvalue weighted by molar-refractivity contribution is 0.274. The molecule has 2 aromatic heterocycles. The van der Waals surface area contributed by atoms with Crippen molar-refractivity contribution in [1.29, 1.82) is 0 Å². The highest BCUT2D eigenvalue weighted by molar-refractivity contribution is 9.10. The molecule has 0 saturated heterocycles. The van der Waals surface area contributed by atoms with Gasteiger partial charge in [-0.05, 0) is 46.8 Å². The Hall–Kier alpha value is -2.22. The minimum Gasteiger partial charge on any atom is -0.494 e. The van der Waals surface area contributed by atoms with E-state index in [4.69, 9.17) is 4.74 Å². The molecule has 0 unspecified atom stereocenters. The van der Waals surface area contributed by atoms with Gasteiger partial charge in [0.05, 0.1) is 16.5 Å². The van der Waals surface area contributed by atoms with Crippen LogP contribution in [0, 0.1) is 5.92 Å². The summed E-state index contributed by atoms with van der Waals surface area (Å²) in [5.41, 5.74) is 1.77. The largest absolute Gasteiger partial charge is 0.494 e. The topological polar surface area (TPSA) is 85.3 Å². The summed E-state index contributed by atoms with van der Waals surface area (Å²) < 4.78 is 9.85. The van der Waals surface area contributed by atoms with Crippen LogP contribution in [-0.2, 0) is 13.1 Å². The number of hydrogen-bond acceptors (Lipinski definition) is 5. The van der Waals surface area contributed by atoms with E-state index in [1.807, 2.05) is 16.8 Å². The summed E-state index contributed by atoms with van der Waals surface area (Å²) in [6, 6.07) is 6.72. The lowest BCUT2D eigenvalue weighted by atomic mass is 10.3. The first-order valence-electron chi connectivity index (χ1n) is 7.85. The molecule has 1 saturated carbocycles. The van der Waals surface area contributed by atoms with Crippen LogP contribution in [0.3, 0.4) is 0 Å². The van der Waals surface area contributed by atoms with E-state index in [0.717, 1.165) is 28.0 Å². The number of halogens is 1. The number of aromatic nitrogens is 4. The molecule has 1 aliphatic rings. The van der Waals surface area contributed by atoms with Gasteiger partial charge >= 0.3 is 0 Å². The maximum atomic E-state index is 9.62. The number of nitrogens with zero attached hydrogens (tertiary/aromatic N) is 4. The maximum Gasteiger partial charge on any atom is 0.193 e. The molecule has 1 fully saturated rings. The minimum absolute atomic E-state index is 0.00800. The highest BCUT2D eigenvalue weighted by Gasteiger charge is 2.23. The van der Waals surface area contributed by atoms with E-state index < -0.39 is 0 Å². The van der Waals surface area contributed by atoms with Gasteiger partial charge in [-0.25, -0.2) is 4.68 Å². The van der Waals surface area contributed by atoms with Gasteiger partial charge in [0, 0.05) is 18.7 Å². The summed E-state index contributed by atoms with van der Waals surface area (Å²) in [7, 11) is 0. The van der Waals surface area contributed by atoms with E-state index >= 15 is 0 Å². The monoisotopic (exact) mass is 392 g/mol. The quantitative estimate of drug-likeness (QED) is 0.673. The lowest BCUT2D eigenvalue weighted by Gasteiger charge is -2.10. The van der Waals surface area contributed by atoms with Crippen LogP contribution in [0.1, 0.15) is 12.8 Å². The van der Waals surface area contributed by atoms with Crippen LogP contribution in [0.5, 0.6) is 17.5 Å². The highest BCUT2D eigenvalue weighted by atomic mass is 79.9. The van der Waals surface area contributed by atoms with Gasteiger partial charge in [-0.3, -0.25) is 4.57 Å². The smallest absolute Gasteiger partial charge is 0.193 e. The first-order valence-corrected chi connectivity index (χ1v) is 8.64. The third kappa shape index (κ3) is 2.82. The zero-order valence-corrected chi connectivity index (χ0v) is 14.5. The van der Waals surface area contributed by atoms with Crippen LogP contribution in [0.4, 0.5) is 0 Å². The molecule has 7 nitrogen and oxygen atoms in total. The van der Waals surface area contributed by atoms with Crippen LogP contribution in [0.25, 0.3) is 11.0 Å². The summed E-state index contributed by atoms with van der Waals surface area (Å²) in [4.78, 5) is 0. The Balaban J connectivity index is 1.49. The molecule has 0 amide bonds. The zero-order valence-electron chi connectivity index (χ0n) is 12.9. The van der Waals surface area contributed by atoms with E-state index in [-0.39, 0.29) is 11.8 Å². The van der Waals surface area contributed by atoms with Crippen LogP contribution in [0.2, 0.25) is 0 Å². The van der Waals surface area contributed by atoms with Gasteiger partial charge in [0.2, 0.25) is 0 Å². The second kappa shape index (κ2) is 6.01. The van der Waals surface area contributed by atoms with Crippen molar-refractivity contribution in [2.75, 3.05) is 6.61 Å². The fourth-order valence-electron chi connectivity index (χ4n) is 2.70. The number of benzene rings is 1. The number of hydrogen-bond donors (Lipinski definition) is 2. The molecule has 24 heavy (non-hydrogen) atoms. The molecule has 4 rings (SSSR count). The molecular formula is C16H17BrN4O3. The van der Waals surface area contributed by atoms with E-state index in [1.165, 1.54) is 29.5 Å². The second-order valence-corrected chi connectivity index (χ2v) is 6.80. The third-order valence-electron chi connectivity index (χ3n) is 4.23. The number of ether oxygens (including phenoxy) is 1. The standard InChI is InChI=1S/C16H17BrN4O3/c17-15-12(24-8-7-20-13(22)5-6-14(20)23)4-3-11-16(15)18-19-21(11)9-10-1-2-10/h3-6,10,22-23H,1-2,7-9H2. The zero-order chi connectivity index (χ0) is 16.7. The number of rotatable bonds is 6. The van der Waals surface area contributed by atoms with Crippen molar-refractivity contribution in [2.24, 2.45) is 5.92 Å². The van der Waals surface area contributed by atoms with Gasteiger partial charge in [-0.15, -0.1) is 5.10 Å². The molecule has 1 aromatic carbocycles. The summed E-state index contributed by atoms with van der Waals surface area (Å²) in [5, 5.41) is 27.7. The average Bonchev–Trinajstić information content (AvgIpc) is 3.21. The second-order valence-electron chi connectivity index (χ2n) is 6.01. The molecule has 2 N–H and O–H groups in total. The number of aromatic hydroxyl groups is 2. The lowest BCUT2D eigenvalue weighted by Crippen LogP contribution is -2.07. The fourth-order valence-corrected chi connectivity index (χ4v) is 3.23. The minimum atomic E-state index is 0.00800. The Morgan fingerprint density at radius 3 is 2.62 bits per heavy atom. The van der Waals surface area contributed by atoms with Gasteiger partial charge in [0.1, 0.15) is 17.9 Å². The molecule has 0 atom stereocenters. The van der Waals surface area contributed by atoms with Gasteiger partial charge in [-0.2, -0.15) is 0 Å². The molecule has 126 valence electrons. The van der Waals surface area contributed by atoms with E-state index in [0.29, 0.717) is 18.9 Å². The Bertz CT molecular complexity index is 865. The van der Waals surface area contributed by atoms with Crippen LogP contribution in [0.15, 0.2) is 28.7 Å². The Morgan fingerprint density at radius 2 is 1.92 bits per heavy atom. The van der Waals surface area contributed by atoms with Crippen molar-refractivity contribution < 1.29 is 14.9 Å². The van der Waals surface area contributed by atoms with E-state index in [2.05, 4.69) is 26.2 Å². The van der Waals surface area contributed by atoms with Crippen molar-refractivity contribution in [2.45, 2.75) is 25.9 Å². The van der Waals surface area contributed by atoms with Crippen molar-refractivity contribution in [3.63, 3.8) is 0 Å². The normalized spacial score (nSPS) is 14.4. The van der Waals surface area contributed by atoms with Crippen LogP contribution < -0.4 is 4.74 Å². The molecule has 2 heterocycles. The Morgan fingerprint density at radius 1 is 1.17 bits per heavy atom. The Labute approximate surface area is 146 Å². The molecular weight excluding hydrogens is 376 g/mol. The predicted molar refractivity (Wildman–Crippen MR) is 91.2 cm³/mol. The van der Waals surface area contributed by atoms with Gasteiger partial charge < -0.3 is 14.9 Å². The summed E-state index contributed by atoms with van der Waals surface area (Å²) in [6.07, 6.45) is 2.53. The predicted octanol–water partition coefficient (Wildman–Crippen LogP) is 2.90.